The summed E-state index contributed by atoms with van der Waals surface area (Å²) in [7, 11) is 0. The van der Waals surface area contributed by atoms with Gasteiger partial charge >= 0.3 is 0 Å². The van der Waals surface area contributed by atoms with Gasteiger partial charge in [-0.1, -0.05) is 42.5 Å². The van der Waals surface area contributed by atoms with Crippen LogP contribution in [0, 0.1) is 0 Å². The Morgan fingerprint density at radius 2 is 1.76 bits per heavy atom. The number of thiazole rings is 1. The minimum absolute atomic E-state index is 0.0138. The summed E-state index contributed by atoms with van der Waals surface area (Å²) in [4.78, 5) is 28.0. The van der Waals surface area contributed by atoms with Crippen molar-refractivity contribution < 1.29 is 14.3 Å². The van der Waals surface area contributed by atoms with Crippen molar-refractivity contribution in [2.75, 3.05) is 11.9 Å². The van der Waals surface area contributed by atoms with Gasteiger partial charge in [0.1, 0.15) is 5.75 Å². The molecular formula is C23H18N2O3S. The van der Waals surface area contributed by atoms with Crippen molar-refractivity contribution in [3.8, 4) is 17.0 Å². The first-order valence-corrected chi connectivity index (χ1v) is 9.95. The highest BCUT2D eigenvalue weighted by molar-refractivity contribution is 7.14. The Morgan fingerprint density at radius 3 is 2.55 bits per heavy atom. The average Bonchev–Trinajstić information content (AvgIpc) is 3.20. The fourth-order valence-electron chi connectivity index (χ4n) is 2.99. The number of hydrogen-bond donors (Lipinski definition) is 1. The molecule has 0 aliphatic heterocycles. The number of carbonyl (C=O) groups is 2. The Bertz CT molecular complexity index is 1180. The lowest BCUT2D eigenvalue weighted by molar-refractivity contribution is -0.118. The third-order valence-corrected chi connectivity index (χ3v) is 5.20. The first kappa shape index (κ1) is 18.8. The van der Waals surface area contributed by atoms with E-state index in [2.05, 4.69) is 28.5 Å². The highest BCUT2D eigenvalue weighted by Crippen LogP contribution is 2.30. The van der Waals surface area contributed by atoms with Crippen molar-refractivity contribution in [1.82, 2.24) is 4.98 Å². The van der Waals surface area contributed by atoms with E-state index in [0.29, 0.717) is 16.4 Å². The van der Waals surface area contributed by atoms with Gasteiger partial charge in [-0.15, -0.1) is 11.3 Å². The van der Waals surface area contributed by atoms with Gasteiger partial charge in [0.2, 0.25) is 0 Å². The maximum atomic E-state index is 12.2. The summed E-state index contributed by atoms with van der Waals surface area (Å²) in [6.07, 6.45) is 0. The molecule has 0 aliphatic rings. The predicted octanol–water partition coefficient (Wildman–Crippen LogP) is 5.18. The molecule has 1 amide bonds. The van der Waals surface area contributed by atoms with Crippen molar-refractivity contribution in [3.05, 3.63) is 77.7 Å². The molecule has 0 radical (unpaired) electrons. The molecule has 0 atom stereocenters. The normalized spacial score (nSPS) is 10.7. The minimum atomic E-state index is -0.292. The SMILES string of the molecule is CC(=O)c1ccc(OCC(=O)Nc2nc(-c3cccc4ccccc34)cs2)cc1. The number of benzene rings is 3. The molecule has 1 aromatic heterocycles. The van der Waals surface area contributed by atoms with Crippen molar-refractivity contribution in [1.29, 1.82) is 0 Å². The highest BCUT2D eigenvalue weighted by Gasteiger charge is 2.11. The standard InChI is InChI=1S/C23H18N2O3S/c1-15(26)16-9-11-18(12-10-16)28-13-22(27)25-23-24-21(14-29-23)20-8-4-6-17-5-2-3-7-19(17)20/h2-12,14H,13H2,1H3,(H,24,25,27). The van der Waals surface area contributed by atoms with Gasteiger partial charge in [0.05, 0.1) is 5.69 Å². The molecule has 1 N–H and O–H groups in total. The van der Waals surface area contributed by atoms with Crippen LogP contribution in [0.5, 0.6) is 5.75 Å². The van der Waals surface area contributed by atoms with Gasteiger partial charge in [0.15, 0.2) is 17.5 Å². The quantitative estimate of drug-likeness (QED) is 0.451. The molecule has 1 heterocycles. The number of aromatic nitrogens is 1. The molecule has 0 fully saturated rings. The van der Waals surface area contributed by atoms with E-state index in [9.17, 15) is 9.59 Å². The molecule has 29 heavy (non-hydrogen) atoms. The summed E-state index contributed by atoms with van der Waals surface area (Å²) in [6.45, 7) is 1.37. The van der Waals surface area contributed by atoms with Crippen LogP contribution in [0.3, 0.4) is 0 Å². The van der Waals surface area contributed by atoms with Crippen LogP contribution in [0.25, 0.3) is 22.0 Å². The van der Waals surface area contributed by atoms with Crippen molar-refractivity contribution in [2.24, 2.45) is 0 Å². The number of ether oxygens (including phenoxy) is 1. The van der Waals surface area contributed by atoms with Gasteiger partial charge in [-0.25, -0.2) is 4.98 Å². The van der Waals surface area contributed by atoms with E-state index in [-0.39, 0.29) is 18.3 Å². The van der Waals surface area contributed by atoms with Crippen molar-refractivity contribution >= 4 is 38.9 Å². The number of anilines is 1. The Morgan fingerprint density at radius 1 is 1.00 bits per heavy atom. The second kappa shape index (κ2) is 8.24. The summed E-state index contributed by atoms with van der Waals surface area (Å²) in [5, 5.41) is 7.49. The molecule has 3 aromatic carbocycles. The zero-order valence-electron chi connectivity index (χ0n) is 15.7. The molecule has 4 aromatic rings. The van der Waals surface area contributed by atoms with Crippen LogP contribution in [-0.4, -0.2) is 23.3 Å². The van der Waals surface area contributed by atoms with Gasteiger partial charge in [0, 0.05) is 16.5 Å². The molecule has 6 heteroatoms. The summed E-state index contributed by atoms with van der Waals surface area (Å²) in [5.74, 6) is 0.222. The van der Waals surface area contributed by atoms with E-state index in [1.807, 2.05) is 29.6 Å². The van der Waals surface area contributed by atoms with Crippen LogP contribution < -0.4 is 10.1 Å². The fourth-order valence-corrected chi connectivity index (χ4v) is 3.72. The Balaban J connectivity index is 1.41. The van der Waals surface area contributed by atoms with Gasteiger partial charge in [-0.3, -0.25) is 14.9 Å². The molecule has 0 saturated carbocycles. The molecule has 0 bridgehead atoms. The lowest BCUT2D eigenvalue weighted by Gasteiger charge is -2.06. The second-order valence-corrected chi connectivity index (χ2v) is 7.34. The van der Waals surface area contributed by atoms with Crippen LogP contribution in [-0.2, 0) is 4.79 Å². The number of Topliss-reactive ketones (excluding diaryl/α,β-unsaturated/α-hetero) is 1. The lowest BCUT2D eigenvalue weighted by Crippen LogP contribution is -2.20. The van der Waals surface area contributed by atoms with E-state index in [0.717, 1.165) is 22.0 Å². The molecule has 0 aliphatic carbocycles. The second-order valence-electron chi connectivity index (χ2n) is 6.48. The van der Waals surface area contributed by atoms with E-state index >= 15 is 0 Å². The lowest BCUT2D eigenvalue weighted by atomic mass is 10.0. The molecule has 4 rings (SSSR count). The Kier molecular flexibility index (Phi) is 5.35. The topological polar surface area (TPSA) is 68.3 Å². The predicted molar refractivity (Wildman–Crippen MR) is 116 cm³/mol. The number of fused-ring (bicyclic) bond motifs is 1. The third kappa shape index (κ3) is 4.33. The van der Waals surface area contributed by atoms with Crippen molar-refractivity contribution in [3.63, 3.8) is 0 Å². The fraction of sp³-hybridized carbons (Fsp3) is 0.0870. The molecule has 5 nitrogen and oxygen atoms in total. The van der Waals surface area contributed by atoms with Crippen molar-refractivity contribution in [2.45, 2.75) is 6.92 Å². The molecule has 0 unspecified atom stereocenters. The van der Waals surface area contributed by atoms with E-state index < -0.39 is 0 Å². The van der Waals surface area contributed by atoms with Crippen LogP contribution in [0.2, 0.25) is 0 Å². The number of rotatable bonds is 6. The number of ketones is 1. The third-order valence-electron chi connectivity index (χ3n) is 4.45. The number of nitrogens with one attached hydrogen (secondary N) is 1. The summed E-state index contributed by atoms with van der Waals surface area (Å²) in [5.41, 5.74) is 2.45. The van der Waals surface area contributed by atoms with E-state index in [4.69, 9.17) is 4.74 Å². The monoisotopic (exact) mass is 402 g/mol. The maximum Gasteiger partial charge on any atom is 0.264 e. The van der Waals surface area contributed by atoms with Crippen LogP contribution in [0.4, 0.5) is 5.13 Å². The largest absolute Gasteiger partial charge is 0.484 e. The molecule has 0 saturated heterocycles. The van der Waals surface area contributed by atoms with E-state index in [1.54, 1.807) is 24.3 Å². The maximum absolute atomic E-state index is 12.2. The molecule has 144 valence electrons. The number of hydrogen-bond acceptors (Lipinski definition) is 5. The zero-order valence-corrected chi connectivity index (χ0v) is 16.5. The van der Waals surface area contributed by atoms with Crippen LogP contribution in [0.15, 0.2) is 72.1 Å². The first-order valence-electron chi connectivity index (χ1n) is 9.07. The number of amides is 1. The summed E-state index contributed by atoms with van der Waals surface area (Å²) < 4.78 is 5.48. The molecule has 0 spiro atoms. The highest BCUT2D eigenvalue weighted by atomic mass is 32.1. The van der Waals surface area contributed by atoms with E-state index in [1.165, 1.54) is 18.3 Å². The molecular weight excluding hydrogens is 384 g/mol. The zero-order chi connectivity index (χ0) is 20.2. The number of carbonyl (C=O) groups excluding carboxylic acids is 2. The summed E-state index contributed by atoms with van der Waals surface area (Å²) in [6, 6.07) is 20.9. The van der Waals surface area contributed by atoms with Crippen LogP contribution >= 0.6 is 11.3 Å². The van der Waals surface area contributed by atoms with Crippen LogP contribution in [0.1, 0.15) is 17.3 Å². The van der Waals surface area contributed by atoms with Gasteiger partial charge < -0.3 is 4.74 Å². The average molecular weight is 402 g/mol. The van der Waals surface area contributed by atoms with Gasteiger partial charge in [-0.05, 0) is 42.0 Å². The Hall–Kier alpha value is -3.51. The Labute approximate surface area is 172 Å². The minimum Gasteiger partial charge on any atom is -0.484 e. The number of nitrogens with zero attached hydrogens (tertiary/aromatic N) is 1. The smallest absolute Gasteiger partial charge is 0.264 e. The van der Waals surface area contributed by atoms with Gasteiger partial charge in [0.25, 0.3) is 5.91 Å². The first-order chi connectivity index (χ1) is 14.1. The summed E-state index contributed by atoms with van der Waals surface area (Å²) >= 11 is 1.37. The van der Waals surface area contributed by atoms with Gasteiger partial charge in [-0.2, -0.15) is 0 Å².